The van der Waals surface area contributed by atoms with E-state index in [4.69, 9.17) is 14.2 Å². The van der Waals surface area contributed by atoms with Gasteiger partial charge in [0.1, 0.15) is 13.2 Å². The van der Waals surface area contributed by atoms with E-state index in [1.165, 1.54) is 77.0 Å². The minimum Gasteiger partial charge on any atom is -0.462 e. The van der Waals surface area contributed by atoms with E-state index in [2.05, 4.69) is 118 Å². The van der Waals surface area contributed by atoms with Gasteiger partial charge >= 0.3 is 17.9 Å². The number of carbonyl (C=O) groups excluding carboxylic acids is 3. The van der Waals surface area contributed by atoms with Crippen molar-refractivity contribution in [2.75, 3.05) is 13.2 Å². The van der Waals surface area contributed by atoms with E-state index in [1.807, 2.05) is 12.2 Å². The number of esters is 3. The van der Waals surface area contributed by atoms with Gasteiger partial charge in [-0.1, -0.05) is 207 Å². The molecule has 6 nitrogen and oxygen atoms in total. The predicted octanol–water partition coefficient (Wildman–Crippen LogP) is 17.5. The highest BCUT2D eigenvalue weighted by Gasteiger charge is 2.19. The summed E-state index contributed by atoms with van der Waals surface area (Å²) < 4.78 is 16.7. The van der Waals surface area contributed by atoms with E-state index in [9.17, 15) is 14.4 Å². The fourth-order valence-corrected chi connectivity index (χ4v) is 6.85. The number of allylic oxidation sites excluding steroid dienone is 18. The third kappa shape index (κ3) is 50.9. The lowest BCUT2D eigenvalue weighted by Gasteiger charge is -2.18. The third-order valence-corrected chi connectivity index (χ3v) is 10.8. The maximum absolute atomic E-state index is 12.8. The Labute approximate surface area is 400 Å². The number of carbonyl (C=O) groups is 3. The molecule has 0 aromatic rings. The first-order valence-electron chi connectivity index (χ1n) is 26.4. The average Bonchev–Trinajstić information content (AvgIpc) is 3.30. The Bertz CT molecular complexity index is 1360. The minimum absolute atomic E-state index is 0.116. The molecule has 0 saturated carbocycles. The van der Waals surface area contributed by atoms with Crippen LogP contribution in [0.2, 0.25) is 0 Å². The largest absolute Gasteiger partial charge is 0.462 e. The summed E-state index contributed by atoms with van der Waals surface area (Å²) in [6.45, 7) is 6.31. The molecular weight excluding hydrogens is 805 g/mol. The van der Waals surface area contributed by atoms with Gasteiger partial charge in [-0.05, 0) is 109 Å². The van der Waals surface area contributed by atoms with Crippen LogP contribution in [-0.4, -0.2) is 37.2 Å². The molecule has 0 aliphatic rings. The lowest BCUT2D eigenvalue weighted by Crippen LogP contribution is -2.30. The Kier molecular flexibility index (Phi) is 49.5. The van der Waals surface area contributed by atoms with E-state index in [1.54, 1.807) is 0 Å². The molecule has 6 heteroatoms. The predicted molar refractivity (Wildman–Crippen MR) is 279 cm³/mol. The van der Waals surface area contributed by atoms with Crippen LogP contribution < -0.4 is 0 Å². The molecule has 0 amide bonds. The Morgan fingerprint density at radius 2 is 0.631 bits per heavy atom. The maximum atomic E-state index is 12.8. The number of hydrogen-bond donors (Lipinski definition) is 0. The number of rotatable bonds is 46. The standard InChI is InChI=1S/C59H96O6/c1-4-7-10-13-16-19-22-25-27-29-31-34-37-40-43-46-49-52-58(61)64-55-56(54-63-57(60)51-48-45-42-39-36-33-24-21-18-15-12-9-6-3)65-59(62)53-50-47-44-41-38-35-32-30-28-26-23-20-17-14-11-8-5-2/h7,9-10,12,16,18-19,21,25-28,31,33-34,36,42,45,56H,4-6,8,11,13-15,17,20,22-24,29-30,32,35,37-41,43-44,46-55H2,1-3H3/b10-7-,12-9-,19-16-,21-18-,27-25-,28-26-,34-31-,36-33-,45-42-. The molecule has 0 fully saturated rings. The van der Waals surface area contributed by atoms with E-state index < -0.39 is 6.10 Å². The molecule has 0 aliphatic heterocycles. The van der Waals surface area contributed by atoms with Crippen LogP contribution in [-0.2, 0) is 28.6 Å². The smallest absolute Gasteiger partial charge is 0.306 e. The van der Waals surface area contributed by atoms with Crippen molar-refractivity contribution in [2.45, 2.75) is 232 Å². The summed E-state index contributed by atoms with van der Waals surface area (Å²) in [5.74, 6) is -1.03. The zero-order valence-electron chi connectivity index (χ0n) is 42.0. The van der Waals surface area contributed by atoms with Crippen molar-refractivity contribution in [3.05, 3.63) is 109 Å². The van der Waals surface area contributed by atoms with Gasteiger partial charge in [0.05, 0.1) is 0 Å². The first kappa shape index (κ1) is 61.1. The molecule has 1 unspecified atom stereocenters. The highest BCUT2D eigenvalue weighted by molar-refractivity contribution is 5.71. The molecule has 368 valence electrons. The lowest BCUT2D eigenvalue weighted by atomic mass is 10.1. The molecule has 0 radical (unpaired) electrons. The zero-order chi connectivity index (χ0) is 47.2. The normalized spacial score (nSPS) is 13.0. The first-order valence-corrected chi connectivity index (χ1v) is 26.4. The average molecular weight is 901 g/mol. The Morgan fingerprint density at radius 1 is 0.323 bits per heavy atom. The Balaban J connectivity index is 4.51. The van der Waals surface area contributed by atoms with Gasteiger partial charge in [0, 0.05) is 19.3 Å². The third-order valence-electron chi connectivity index (χ3n) is 10.8. The van der Waals surface area contributed by atoms with Crippen molar-refractivity contribution >= 4 is 17.9 Å². The summed E-state index contributed by atoms with van der Waals surface area (Å²) in [6, 6.07) is 0. The van der Waals surface area contributed by atoms with E-state index in [0.29, 0.717) is 19.3 Å². The molecule has 0 N–H and O–H groups in total. The van der Waals surface area contributed by atoms with Crippen LogP contribution in [0, 0.1) is 0 Å². The molecule has 1 atom stereocenters. The second-order valence-corrected chi connectivity index (χ2v) is 17.0. The van der Waals surface area contributed by atoms with E-state index in [0.717, 1.165) is 103 Å². The minimum atomic E-state index is -0.821. The van der Waals surface area contributed by atoms with Crippen LogP contribution in [0.3, 0.4) is 0 Å². The van der Waals surface area contributed by atoms with Crippen LogP contribution in [0.25, 0.3) is 0 Å². The summed E-state index contributed by atoms with van der Waals surface area (Å²) in [5, 5.41) is 0. The number of unbranched alkanes of at least 4 members (excludes halogenated alkanes) is 17. The Morgan fingerprint density at radius 3 is 1.05 bits per heavy atom. The molecule has 0 rings (SSSR count). The second kappa shape index (κ2) is 52.7. The molecule has 65 heavy (non-hydrogen) atoms. The molecule has 0 heterocycles. The molecule has 0 spiro atoms. The van der Waals surface area contributed by atoms with Crippen LogP contribution in [0.5, 0.6) is 0 Å². The maximum Gasteiger partial charge on any atom is 0.306 e. The van der Waals surface area contributed by atoms with Crippen molar-refractivity contribution in [2.24, 2.45) is 0 Å². The molecule has 0 saturated heterocycles. The van der Waals surface area contributed by atoms with Gasteiger partial charge in [-0.15, -0.1) is 0 Å². The van der Waals surface area contributed by atoms with Crippen molar-refractivity contribution in [1.82, 2.24) is 0 Å². The van der Waals surface area contributed by atoms with Crippen LogP contribution >= 0.6 is 0 Å². The fourth-order valence-electron chi connectivity index (χ4n) is 6.85. The molecule has 0 aliphatic carbocycles. The highest BCUT2D eigenvalue weighted by Crippen LogP contribution is 2.13. The summed E-state index contributed by atoms with van der Waals surface area (Å²) in [7, 11) is 0. The van der Waals surface area contributed by atoms with Crippen LogP contribution in [0.1, 0.15) is 226 Å². The van der Waals surface area contributed by atoms with Gasteiger partial charge in [-0.25, -0.2) is 0 Å². The SMILES string of the molecule is CC/C=C\C/C=C\C/C=C\C/C=C\CCCCCCC(=O)OCC(COC(=O)CC/C=C\C/C=C\C/C=C\C/C=C\CC)OC(=O)CCCCCCCCC/C=C\CCCCCCCC. The molecule has 0 aromatic carbocycles. The van der Waals surface area contributed by atoms with Gasteiger partial charge < -0.3 is 14.2 Å². The molecule has 0 bridgehead atoms. The van der Waals surface area contributed by atoms with Gasteiger partial charge in [0.2, 0.25) is 0 Å². The zero-order valence-corrected chi connectivity index (χ0v) is 42.0. The molecular formula is C59H96O6. The van der Waals surface area contributed by atoms with E-state index >= 15 is 0 Å². The van der Waals surface area contributed by atoms with E-state index in [-0.39, 0.29) is 37.5 Å². The second-order valence-electron chi connectivity index (χ2n) is 17.0. The monoisotopic (exact) mass is 901 g/mol. The van der Waals surface area contributed by atoms with Gasteiger partial charge in [0.15, 0.2) is 6.10 Å². The lowest BCUT2D eigenvalue weighted by molar-refractivity contribution is -0.166. The topological polar surface area (TPSA) is 78.9 Å². The summed E-state index contributed by atoms with van der Waals surface area (Å²) in [4.78, 5) is 38.0. The summed E-state index contributed by atoms with van der Waals surface area (Å²) >= 11 is 0. The number of ether oxygens (including phenoxy) is 3. The first-order chi connectivity index (χ1) is 32.0. The van der Waals surface area contributed by atoms with Crippen molar-refractivity contribution in [3.63, 3.8) is 0 Å². The summed E-state index contributed by atoms with van der Waals surface area (Å²) in [5.41, 5.74) is 0. The van der Waals surface area contributed by atoms with Crippen molar-refractivity contribution in [1.29, 1.82) is 0 Å². The number of hydrogen-bond acceptors (Lipinski definition) is 6. The molecule has 0 aromatic heterocycles. The summed E-state index contributed by atoms with van der Waals surface area (Å²) in [6.07, 6.45) is 70.9. The Hall–Kier alpha value is -3.93. The van der Waals surface area contributed by atoms with Crippen LogP contribution in [0.4, 0.5) is 0 Å². The van der Waals surface area contributed by atoms with Gasteiger partial charge in [-0.3, -0.25) is 14.4 Å². The van der Waals surface area contributed by atoms with Gasteiger partial charge in [-0.2, -0.15) is 0 Å². The van der Waals surface area contributed by atoms with Crippen LogP contribution in [0.15, 0.2) is 109 Å². The quantitative estimate of drug-likeness (QED) is 0.0262. The highest BCUT2D eigenvalue weighted by atomic mass is 16.6. The van der Waals surface area contributed by atoms with Gasteiger partial charge in [0.25, 0.3) is 0 Å². The van der Waals surface area contributed by atoms with Crippen molar-refractivity contribution < 1.29 is 28.6 Å². The van der Waals surface area contributed by atoms with Crippen molar-refractivity contribution in [3.8, 4) is 0 Å². The fraction of sp³-hybridized carbons (Fsp3) is 0.644.